The summed E-state index contributed by atoms with van der Waals surface area (Å²) in [4.78, 5) is 5.21. The number of rotatable bonds is 5. The van der Waals surface area contributed by atoms with Crippen LogP contribution in [0.25, 0.3) is 10.9 Å². The van der Waals surface area contributed by atoms with Gasteiger partial charge in [-0.3, -0.25) is 4.98 Å². The maximum atomic E-state index is 5.21. The Kier molecular flexibility index (Phi) is 6.32. The summed E-state index contributed by atoms with van der Waals surface area (Å²) in [5.74, 6) is 6.43. The van der Waals surface area contributed by atoms with Crippen molar-refractivity contribution in [2.45, 2.75) is 112 Å². The van der Waals surface area contributed by atoms with Crippen LogP contribution in [0.3, 0.4) is 0 Å². The van der Waals surface area contributed by atoms with Crippen LogP contribution in [-0.4, -0.2) is 4.98 Å². The van der Waals surface area contributed by atoms with E-state index in [1.165, 1.54) is 92.8 Å². The van der Waals surface area contributed by atoms with Gasteiger partial charge in [0.1, 0.15) is 0 Å². The summed E-state index contributed by atoms with van der Waals surface area (Å²) in [6.45, 7) is 15.0. The molecule has 0 spiro atoms. The molecule has 36 heavy (non-hydrogen) atoms. The summed E-state index contributed by atoms with van der Waals surface area (Å²) in [6.07, 6.45) is 15.7. The highest BCUT2D eigenvalue weighted by Gasteiger charge is 2.60. The molecule has 0 amide bonds. The quantitative estimate of drug-likeness (QED) is 0.411. The number of hydrogen-bond donors (Lipinski definition) is 0. The molecule has 6 rings (SSSR count). The van der Waals surface area contributed by atoms with Crippen LogP contribution in [0.1, 0.15) is 109 Å². The largest absolute Gasteiger partial charge is 0.253 e. The first-order valence-electron chi connectivity index (χ1n) is 15.6. The molecular weight excluding hydrogens is 434 g/mol. The van der Waals surface area contributed by atoms with E-state index < -0.39 is 0 Å². The van der Waals surface area contributed by atoms with Gasteiger partial charge in [0.05, 0.1) is 5.52 Å². The van der Waals surface area contributed by atoms with Crippen LogP contribution < -0.4 is 0 Å². The lowest BCUT2D eigenvalue weighted by molar-refractivity contribution is -0.103. The Balaban J connectivity index is 1.23. The number of aryl methyl sites for hydroxylation is 1. The third kappa shape index (κ3) is 3.97. The molecule has 1 heteroatoms. The molecule has 3 fully saturated rings. The van der Waals surface area contributed by atoms with E-state index in [1.807, 2.05) is 0 Å². The van der Waals surface area contributed by atoms with Gasteiger partial charge in [-0.05, 0) is 134 Å². The number of hydrogen-bond acceptors (Lipinski definition) is 1. The van der Waals surface area contributed by atoms with Gasteiger partial charge in [0.25, 0.3) is 0 Å². The first kappa shape index (κ1) is 24.9. The van der Waals surface area contributed by atoms with Crippen molar-refractivity contribution in [1.29, 1.82) is 0 Å². The minimum atomic E-state index is 0.470. The lowest BCUT2D eigenvalue weighted by Gasteiger charge is -2.60. The number of pyridine rings is 1. The SMILES string of the molecule is Cc1ccc2nc3c(cc2c1)C[C@@]1(C)[C@@H](CC[C@@H]2[C@@H]1CC[C@]1(C)[C@@H]([C@H](C)CCCC(C)C)CC[C@@H]21)C3. The van der Waals surface area contributed by atoms with Crippen LogP contribution in [0.4, 0.5) is 0 Å². The highest BCUT2D eigenvalue weighted by atomic mass is 14.7. The topological polar surface area (TPSA) is 12.9 Å². The van der Waals surface area contributed by atoms with Crippen molar-refractivity contribution in [2.75, 3.05) is 0 Å². The standard InChI is InChI=1S/C35H51N/c1-22(2)8-7-9-24(4)29-13-14-30-28-12-11-27-20-33-26(19-25-18-23(3)10-15-32(25)36-33)21-35(27,6)31(28)16-17-34(29,30)5/h10,15,18-19,22,24,27-31H,7-9,11-14,16-17,20-21H2,1-6H3/t24-,27+,28+,29-,30+,31+,34-,35+/m1/s1. The highest BCUT2D eigenvalue weighted by Crippen LogP contribution is 2.68. The van der Waals surface area contributed by atoms with E-state index in [-0.39, 0.29) is 0 Å². The lowest BCUT2D eigenvalue weighted by Crippen LogP contribution is -2.54. The predicted molar refractivity (Wildman–Crippen MR) is 153 cm³/mol. The van der Waals surface area contributed by atoms with Crippen LogP contribution in [0, 0.1) is 59.2 Å². The Morgan fingerprint density at radius 1 is 0.917 bits per heavy atom. The van der Waals surface area contributed by atoms with E-state index >= 15 is 0 Å². The second-order valence-electron chi connectivity index (χ2n) is 14.9. The maximum absolute atomic E-state index is 5.21. The van der Waals surface area contributed by atoms with Gasteiger partial charge in [-0.2, -0.15) is 0 Å². The summed E-state index contributed by atoms with van der Waals surface area (Å²) < 4.78 is 0. The summed E-state index contributed by atoms with van der Waals surface area (Å²) in [5.41, 5.74) is 6.61. The second-order valence-corrected chi connectivity index (χ2v) is 14.9. The van der Waals surface area contributed by atoms with Crippen LogP contribution in [0.2, 0.25) is 0 Å². The molecule has 0 unspecified atom stereocenters. The maximum Gasteiger partial charge on any atom is 0.0705 e. The Morgan fingerprint density at radius 2 is 1.72 bits per heavy atom. The minimum absolute atomic E-state index is 0.470. The van der Waals surface area contributed by atoms with Crippen molar-refractivity contribution in [2.24, 2.45) is 52.3 Å². The van der Waals surface area contributed by atoms with Crippen molar-refractivity contribution in [3.63, 3.8) is 0 Å². The molecule has 2 aromatic rings. The zero-order valence-electron chi connectivity index (χ0n) is 24.1. The summed E-state index contributed by atoms with van der Waals surface area (Å²) in [7, 11) is 0. The molecule has 0 N–H and O–H groups in total. The fourth-order valence-electron chi connectivity index (χ4n) is 10.5. The molecular formula is C35H51N. The van der Waals surface area contributed by atoms with E-state index in [1.54, 1.807) is 5.56 Å². The zero-order chi connectivity index (χ0) is 25.2. The Morgan fingerprint density at radius 3 is 2.53 bits per heavy atom. The first-order chi connectivity index (χ1) is 17.2. The van der Waals surface area contributed by atoms with Crippen molar-refractivity contribution in [3.05, 3.63) is 41.1 Å². The van der Waals surface area contributed by atoms with Gasteiger partial charge in [0.15, 0.2) is 0 Å². The van der Waals surface area contributed by atoms with Gasteiger partial charge in [-0.25, -0.2) is 0 Å². The molecule has 0 bridgehead atoms. The first-order valence-corrected chi connectivity index (χ1v) is 15.6. The van der Waals surface area contributed by atoms with Gasteiger partial charge in [-0.15, -0.1) is 0 Å². The van der Waals surface area contributed by atoms with Gasteiger partial charge in [-0.1, -0.05) is 65.5 Å². The van der Waals surface area contributed by atoms with E-state index in [9.17, 15) is 0 Å². The predicted octanol–water partition coefficient (Wildman–Crippen LogP) is 9.58. The van der Waals surface area contributed by atoms with Gasteiger partial charge in [0, 0.05) is 11.1 Å². The van der Waals surface area contributed by atoms with Crippen LogP contribution in [0.5, 0.6) is 0 Å². The normalized spacial score (nSPS) is 38.4. The molecule has 196 valence electrons. The Bertz CT molecular complexity index is 1120. The Hall–Kier alpha value is -1.37. The molecule has 0 radical (unpaired) electrons. The number of fused-ring (bicyclic) bond motifs is 7. The third-order valence-corrected chi connectivity index (χ3v) is 12.4. The number of nitrogens with zero attached hydrogens (tertiary/aromatic N) is 1. The smallest absolute Gasteiger partial charge is 0.0705 e. The fourth-order valence-corrected chi connectivity index (χ4v) is 10.5. The Labute approximate surface area is 221 Å². The highest BCUT2D eigenvalue weighted by molar-refractivity contribution is 5.80. The van der Waals surface area contributed by atoms with Crippen LogP contribution in [0.15, 0.2) is 24.3 Å². The van der Waals surface area contributed by atoms with Gasteiger partial charge < -0.3 is 0 Å². The second kappa shape index (κ2) is 9.13. The zero-order valence-corrected chi connectivity index (χ0v) is 24.1. The average Bonchev–Trinajstić information content (AvgIpc) is 3.18. The van der Waals surface area contributed by atoms with E-state index in [2.05, 4.69) is 65.8 Å². The summed E-state index contributed by atoms with van der Waals surface area (Å²) in [6, 6.07) is 9.32. The minimum Gasteiger partial charge on any atom is -0.253 e. The van der Waals surface area contributed by atoms with E-state index in [0.29, 0.717) is 10.8 Å². The lowest BCUT2D eigenvalue weighted by atomic mass is 9.44. The molecule has 1 nitrogen and oxygen atoms in total. The molecule has 4 aliphatic rings. The number of aromatic nitrogens is 1. The molecule has 1 aromatic heterocycles. The third-order valence-electron chi connectivity index (χ3n) is 12.4. The molecule has 0 aliphatic heterocycles. The molecule has 4 aliphatic carbocycles. The van der Waals surface area contributed by atoms with Crippen molar-refractivity contribution in [3.8, 4) is 0 Å². The van der Waals surface area contributed by atoms with Crippen molar-refractivity contribution >= 4 is 10.9 Å². The van der Waals surface area contributed by atoms with Gasteiger partial charge >= 0.3 is 0 Å². The fraction of sp³-hybridized carbons (Fsp3) is 0.743. The van der Waals surface area contributed by atoms with E-state index in [4.69, 9.17) is 4.98 Å². The molecule has 0 saturated heterocycles. The van der Waals surface area contributed by atoms with Gasteiger partial charge in [0.2, 0.25) is 0 Å². The summed E-state index contributed by atoms with van der Waals surface area (Å²) in [5, 5.41) is 1.35. The summed E-state index contributed by atoms with van der Waals surface area (Å²) >= 11 is 0. The molecule has 8 atom stereocenters. The van der Waals surface area contributed by atoms with Crippen molar-refractivity contribution in [1.82, 2.24) is 4.98 Å². The van der Waals surface area contributed by atoms with Crippen LogP contribution in [-0.2, 0) is 12.8 Å². The number of benzene rings is 1. The average molecular weight is 486 g/mol. The molecule has 1 aromatic carbocycles. The molecule has 1 heterocycles. The monoisotopic (exact) mass is 485 g/mol. The molecule has 3 saturated carbocycles. The van der Waals surface area contributed by atoms with Crippen LogP contribution >= 0.6 is 0 Å². The van der Waals surface area contributed by atoms with Crippen molar-refractivity contribution < 1.29 is 0 Å². The van der Waals surface area contributed by atoms with E-state index in [0.717, 1.165) is 41.4 Å².